The Balaban J connectivity index is 3.91. The highest BCUT2D eigenvalue weighted by Crippen LogP contribution is 2.79. The van der Waals surface area contributed by atoms with Crippen molar-refractivity contribution >= 4 is 39.0 Å². The molecule has 0 fully saturated rings. The number of benzene rings is 1. The molecule has 0 N–H and O–H groups in total. The monoisotopic (exact) mass is 497 g/mol. The van der Waals surface area contributed by atoms with Crippen molar-refractivity contribution in [1.29, 1.82) is 0 Å². The third-order valence-electron chi connectivity index (χ3n) is 3.95. The minimum Gasteiger partial charge on any atom is -0.469 e. The highest BCUT2D eigenvalue weighted by atomic mass is 35.5. The van der Waals surface area contributed by atoms with E-state index in [0.29, 0.717) is 10.6 Å². The van der Waals surface area contributed by atoms with E-state index in [0.717, 1.165) is 7.11 Å². The number of nitrogens with zero attached hydrogens (tertiary/aromatic N) is 1. The Kier molecular flexibility index (Phi) is 11.6. The molecule has 0 atom stereocenters. The van der Waals surface area contributed by atoms with Crippen LogP contribution in [0.4, 0.5) is 0 Å². The summed E-state index contributed by atoms with van der Waals surface area (Å²) >= 11 is 6.04. The standard InChI is InChI=1S/C19H30ClNO8P2/c1-6-26-30(23,27-7-2)19(14-18(22)25-5,31(24,28-8-3)29-9-4)21-15-16-11-10-12-17(20)13-16/h10-13,15H,6-9,14H2,1-5H3/b21-15+. The highest BCUT2D eigenvalue weighted by molar-refractivity contribution is 7.74. The predicted molar refractivity (Wildman–Crippen MR) is 120 cm³/mol. The molecule has 0 radical (unpaired) electrons. The van der Waals surface area contributed by atoms with Gasteiger partial charge < -0.3 is 22.8 Å². The quantitative estimate of drug-likeness (QED) is 0.188. The minimum atomic E-state index is -4.40. The first-order chi connectivity index (χ1) is 14.7. The van der Waals surface area contributed by atoms with Gasteiger partial charge in [0.25, 0.3) is 5.02 Å². The SMILES string of the molecule is CCOP(=O)(OCC)C(CC(=O)OC)(/N=C/c1cccc(Cl)c1)P(=O)(OCC)OCC. The van der Waals surface area contributed by atoms with Crippen LogP contribution in [0.3, 0.4) is 0 Å². The summed E-state index contributed by atoms with van der Waals surface area (Å²) in [7, 11) is -7.66. The van der Waals surface area contributed by atoms with Crippen LogP contribution in [0.15, 0.2) is 29.3 Å². The van der Waals surface area contributed by atoms with E-state index in [-0.39, 0.29) is 26.4 Å². The molecule has 0 saturated heterocycles. The van der Waals surface area contributed by atoms with E-state index in [9.17, 15) is 13.9 Å². The molecule has 0 aromatic heterocycles. The van der Waals surface area contributed by atoms with E-state index >= 15 is 0 Å². The number of carbonyl (C=O) groups excluding carboxylic acids is 1. The van der Waals surface area contributed by atoms with Crippen LogP contribution in [0.5, 0.6) is 0 Å². The van der Waals surface area contributed by atoms with Crippen molar-refractivity contribution in [1.82, 2.24) is 0 Å². The fraction of sp³-hybridized carbons (Fsp3) is 0.579. The molecule has 0 aliphatic carbocycles. The smallest absolute Gasteiger partial charge is 0.371 e. The van der Waals surface area contributed by atoms with Gasteiger partial charge in [-0.15, -0.1) is 0 Å². The second kappa shape index (κ2) is 12.9. The zero-order chi connectivity index (χ0) is 23.5. The molecule has 0 unspecified atom stereocenters. The molecule has 176 valence electrons. The Hall–Kier alpha value is -1.05. The number of rotatable bonds is 14. The molecule has 1 aromatic rings. The van der Waals surface area contributed by atoms with Crippen molar-refractivity contribution in [2.45, 2.75) is 39.1 Å². The summed E-state index contributed by atoms with van der Waals surface area (Å²) in [6.07, 6.45) is 0.555. The van der Waals surface area contributed by atoms with Gasteiger partial charge in [0.1, 0.15) is 0 Å². The Bertz CT molecular complexity index is 798. The lowest BCUT2D eigenvalue weighted by atomic mass is 10.2. The maximum absolute atomic E-state index is 14.0. The Morgan fingerprint density at radius 3 is 1.87 bits per heavy atom. The molecule has 12 heteroatoms. The molecule has 0 aliphatic rings. The van der Waals surface area contributed by atoms with E-state index in [4.69, 9.17) is 34.4 Å². The second-order valence-electron chi connectivity index (χ2n) is 6.01. The van der Waals surface area contributed by atoms with Crippen LogP contribution in [0.2, 0.25) is 5.02 Å². The number of hydrogen-bond donors (Lipinski definition) is 0. The summed E-state index contributed by atoms with van der Waals surface area (Å²) in [5.74, 6) is -0.845. The molecular weight excluding hydrogens is 468 g/mol. The van der Waals surface area contributed by atoms with Crippen molar-refractivity contribution in [3.8, 4) is 0 Å². The molecule has 0 heterocycles. The lowest BCUT2D eigenvalue weighted by Gasteiger charge is -2.38. The average molecular weight is 498 g/mol. The maximum Gasteiger partial charge on any atom is 0.371 e. The molecule has 31 heavy (non-hydrogen) atoms. The summed E-state index contributed by atoms with van der Waals surface area (Å²) in [5.41, 5.74) is 0.501. The zero-order valence-electron chi connectivity index (χ0n) is 18.4. The van der Waals surface area contributed by atoms with Crippen molar-refractivity contribution < 1.29 is 36.8 Å². The third kappa shape index (κ3) is 6.72. The lowest BCUT2D eigenvalue weighted by Crippen LogP contribution is -2.35. The number of hydrogen-bond acceptors (Lipinski definition) is 9. The van der Waals surface area contributed by atoms with Crippen LogP contribution in [0, 0.1) is 0 Å². The molecule has 0 amide bonds. The summed E-state index contributed by atoms with van der Waals surface area (Å²) in [6, 6.07) is 6.61. The van der Waals surface area contributed by atoms with E-state index in [2.05, 4.69) is 4.99 Å². The van der Waals surface area contributed by atoms with Gasteiger partial charge in [-0.1, -0.05) is 23.7 Å². The number of aliphatic imine (C=N–C) groups is 1. The number of halogens is 1. The fourth-order valence-corrected chi connectivity index (χ4v) is 8.20. The Morgan fingerprint density at radius 1 is 1.00 bits per heavy atom. The number of ether oxygens (including phenoxy) is 1. The van der Waals surface area contributed by atoms with E-state index in [1.54, 1.807) is 52.0 Å². The molecule has 1 rings (SSSR count). The van der Waals surface area contributed by atoms with Crippen LogP contribution >= 0.6 is 26.8 Å². The van der Waals surface area contributed by atoms with Crippen LogP contribution < -0.4 is 0 Å². The van der Waals surface area contributed by atoms with Gasteiger partial charge in [-0.3, -0.25) is 18.9 Å². The van der Waals surface area contributed by atoms with E-state index in [1.807, 2.05) is 0 Å². The maximum atomic E-state index is 14.0. The van der Waals surface area contributed by atoms with Gasteiger partial charge in [-0.05, 0) is 45.4 Å². The zero-order valence-corrected chi connectivity index (χ0v) is 21.0. The summed E-state index contributed by atoms with van der Waals surface area (Å²) in [4.78, 5) is 16.8. The third-order valence-corrected chi connectivity index (χ3v) is 10.4. The van der Waals surface area contributed by atoms with Gasteiger partial charge in [0.2, 0.25) is 0 Å². The van der Waals surface area contributed by atoms with Gasteiger partial charge in [-0.2, -0.15) is 0 Å². The predicted octanol–water partition coefficient (Wildman–Crippen LogP) is 5.51. The summed E-state index contributed by atoms with van der Waals surface area (Å²) in [5, 5.41) is -1.91. The van der Waals surface area contributed by atoms with Crippen LogP contribution in [0.25, 0.3) is 0 Å². The van der Waals surface area contributed by atoms with Crippen molar-refractivity contribution in [2.24, 2.45) is 4.99 Å². The summed E-state index contributed by atoms with van der Waals surface area (Å²) < 4.78 is 54.8. The second-order valence-corrected chi connectivity index (χ2v) is 11.3. The largest absolute Gasteiger partial charge is 0.469 e. The normalized spacial score (nSPS) is 13.0. The topological polar surface area (TPSA) is 110 Å². The van der Waals surface area contributed by atoms with Gasteiger partial charge in [0.15, 0.2) is 0 Å². The molecule has 0 saturated carbocycles. The van der Waals surface area contributed by atoms with Crippen LogP contribution in [-0.2, 0) is 36.8 Å². The van der Waals surface area contributed by atoms with Gasteiger partial charge in [0.05, 0.1) is 40.0 Å². The van der Waals surface area contributed by atoms with Gasteiger partial charge >= 0.3 is 21.2 Å². The minimum absolute atomic E-state index is 0.0643. The van der Waals surface area contributed by atoms with E-state index < -0.39 is 32.6 Å². The summed E-state index contributed by atoms with van der Waals surface area (Å²) in [6.45, 7) is 6.08. The molecule has 9 nitrogen and oxygen atoms in total. The van der Waals surface area contributed by atoms with Crippen LogP contribution in [0.1, 0.15) is 39.7 Å². The van der Waals surface area contributed by atoms with Gasteiger partial charge in [-0.25, -0.2) is 0 Å². The Morgan fingerprint density at radius 2 is 1.48 bits per heavy atom. The molecule has 0 aliphatic heterocycles. The lowest BCUT2D eigenvalue weighted by molar-refractivity contribution is -0.141. The first-order valence-corrected chi connectivity index (χ1v) is 13.3. The molecule has 1 aromatic carbocycles. The number of methoxy groups -OCH3 is 1. The number of esters is 1. The highest BCUT2D eigenvalue weighted by Gasteiger charge is 2.67. The van der Waals surface area contributed by atoms with E-state index in [1.165, 1.54) is 6.21 Å². The number of carbonyl (C=O) groups is 1. The molecule has 0 spiro atoms. The van der Waals surface area contributed by atoms with Gasteiger partial charge in [0, 0.05) is 11.2 Å². The first-order valence-electron chi connectivity index (χ1n) is 9.83. The molecular formula is C19H30ClNO8P2. The first kappa shape index (κ1) is 28.0. The van der Waals surface area contributed by atoms with Crippen molar-refractivity contribution in [3.05, 3.63) is 34.9 Å². The van der Waals surface area contributed by atoms with Crippen molar-refractivity contribution in [2.75, 3.05) is 33.5 Å². The fourth-order valence-electron chi connectivity index (χ4n) is 2.73. The van der Waals surface area contributed by atoms with Crippen molar-refractivity contribution in [3.63, 3.8) is 0 Å². The Labute approximate surface area is 188 Å². The van der Waals surface area contributed by atoms with Crippen LogP contribution in [-0.4, -0.2) is 50.7 Å². The average Bonchev–Trinajstić information content (AvgIpc) is 2.71. The molecule has 0 bridgehead atoms.